The van der Waals surface area contributed by atoms with Gasteiger partial charge in [-0.2, -0.15) is 0 Å². The quantitative estimate of drug-likeness (QED) is 0.535. The van der Waals surface area contributed by atoms with E-state index < -0.39 is 5.63 Å². The highest BCUT2D eigenvalue weighted by Crippen LogP contribution is 2.25. The number of hydrogen-bond acceptors (Lipinski definition) is 4. The lowest BCUT2D eigenvalue weighted by Gasteiger charge is -2.17. The molecular formula is C22H19NO3. The number of phenols is 1. The van der Waals surface area contributed by atoms with Crippen molar-refractivity contribution in [3.8, 4) is 5.75 Å². The van der Waals surface area contributed by atoms with Crippen molar-refractivity contribution in [3.05, 3.63) is 88.3 Å². The molecule has 26 heavy (non-hydrogen) atoms. The summed E-state index contributed by atoms with van der Waals surface area (Å²) >= 11 is 0. The monoisotopic (exact) mass is 345 g/mol. The molecule has 4 heteroatoms. The number of rotatable bonds is 4. The van der Waals surface area contributed by atoms with Crippen LogP contribution in [-0.2, 0) is 6.54 Å². The zero-order valence-corrected chi connectivity index (χ0v) is 14.4. The standard InChI is InChI=1S/C22H19NO3/c1-14(18-8-4-6-15-5-2-3-7-19(15)18)23-13-16-11-22(25)26-21-12-17(24)9-10-20(16)21/h2-12,14,23-24H,13H2,1H3/t14-/m0/s1. The molecule has 0 amide bonds. The summed E-state index contributed by atoms with van der Waals surface area (Å²) in [6.07, 6.45) is 0. The predicted molar refractivity (Wildman–Crippen MR) is 103 cm³/mol. The Labute approximate surface area is 150 Å². The van der Waals surface area contributed by atoms with E-state index in [0.29, 0.717) is 12.1 Å². The van der Waals surface area contributed by atoms with Crippen molar-refractivity contribution in [3.63, 3.8) is 0 Å². The van der Waals surface area contributed by atoms with Gasteiger partial charge in [0.25, 0.3) is 0 Å². The first-order valence-corrected chi connectivity index (χ1v) is 8.58. The number of hydrogen-bond donors (Lipinski definition) is 2. The van der Waals surface area contributed by atoms with Gasteiger partial charge in [-0.15, -0.1) is 0 Å². The maximum atomic E-state index is 11.8. The van der Waals surface area contributed by atoms with Crippen molar-refractivity contribution in [1.82, 2.24) is 5.32 Å². The SMILES string of the molecule is C[C@H](NCc1cc(=O)oc2cc(O)ccc12)c1cccc2ccccc12. The Balaban J connectivity index is 1.65. The minimum atomic E-state index is -0.419. The second kappa shape index (κ2) is 6.65. The lowest BCUT2D eigenvalue weighted by Crippen LogP contribution is -2.19. The van der Waals surface area contributed by atoms with E-state index in [0.717, 1.165) is 10.9 Å². The molecule has 1 aromatic heterocycles. The third-order valence-corrected chi connectivity index (χ3v) is 4.70. The van der Waals surface area contributed by atoms with Crippen LogP contribution in [0.25, 0.3) is 21.7 Å². The van der Waals surface area contributed by atoms with Gasteiger partial charge in [-0.1, -0.05) is 42.5 Å². The van der Waals surface area contributed by atoms with Crippen LogP contribution in [0.4, 0.5) is 0 Å². The fourth-order valence-corrected chi connectivity index (χ4v) is 3.37. The van der Waals surface area contributed by atoms with Gasteiger partial charge in [-0.05, 0) is 41.0 Å². The Morgan fingerprint density at radius 1 is 1.00 bits per heavy atom. The van der Waals surface area contributed by atoms with E-state index in [1.54, 1.807) is 12.1 Å². The molecule has 1 atom stereocenters. The molecule has 1 heterocycles. The largest absolute Gasteiger partial charge is 0.508 e. The smallest absolute Gasteiger partial charge is 0.336 e. The third kappa shape index (κ3) is 3.07. The van der Waals surface area contributed by atoms with Crippen molar-refractivity contribution in [1.29, 1.82) is 0 Å². The second-order valence-electron chi connectivity index (χ2n) is 6.44. The Kier molecular flexibility index (Phi) is 4.19. The van der Waals surface area contributed by atoms with Crippen LogP contribution in [0.3, 0.4) is 0 Å². The molecule has 0 spiro atoms. The first-order chi connectivity index (χ1) is 12.6. The molecule has 0 bridgehead atoms. The number of benzene rings is 3. The van der Waals surface area contributed by atoms with Gasteiger partial charge in [-0.25, -0.2) is 4.79 Å². The molecule has 2 N–H and O–H groups in total. The van der Waals surface area contributed by atoms with Crippen molar-refractivity contribution in [2.75, 3.05) is 0 Å². The predicted octanol–water partition coefficient (Wildman–Crippen LogP) is 4.50. The zero-order valence-electron chi connectivity index (χ0n) is 14.4. The van der Waals surface area contributed by atoms with E-state index in [4.69, 9.17) is 4.42 Å². The molecule has 0 aliphatic heterocycles. The third-order valence-electron chi connectivity index (χ3n) is 4.70. The lowest BCUT2D eigenvalue weighted by molar-refractivity contribution is 0.473. The molecule has 0 saturated heterocycles. The summed E-state index contributed by atoms with van der Waals surface area (Å²) in [6.45, 7) is 2.64. The molecule has 0 unspecified atom stereocenters. The summed E-state index contributed by atoms with van der Waals surface area (Å²) in [4.78, 5) is 11.8. The number of phenolic OH excluding ortho intramolecular Hbond substituents is 1. The van der Waals surface area contributed by atoms with Crippen LogP contribution in [0.5, 0.6) is 5.75 Å². The van der Waals surface area contributed by atoms with E-state index in [9.17, 15) is 9.90 Å². The summed E-state index contributed by atoms with van der Waals surface area (Å²) in [6, 6.07) is 21.0. The minimum Gasteiger partial charge on any atom is -0.508 e. The Morgan fingerprint density at radius 3 is 2.69 bits per heavy atom. The number of nitrogens with one attached hydrogen (secondary N) is 1. The number of fused-ring (bicyclic) bond motifs is 2. The van der Waals surface area contributed by atoms with Crippen molar-refractivity contribution in [2.24, 2.45) is 0 Å². The van der Waals surface area contributed by atoms with Gasteiger partial charge in [-0.3, -0.25) is 0 Å². The Bertz CT molecular complexity index is 1140. The van der Waals surface area contributed by atoms with Crippen LogP contribution in [-0.4, -0.2) is 5.11 Å². The first kappa shape index (κ1) is 16.4. The average molecular weight is 345 g/mol. The van der Waals surface area contributed by atoms with E-state index >= 15 is 0 Å². The van der Waals surface area contributed by atoms with E-state index in [2.05, 4.69) is 42.6 Å². The van der Waals surface area contributed by atoms with Crippen molar-refractivity contribution < 1.29 is 9.52 Å². The molecule has 3 aromatic carbocycles. The summed E-state index contributed by atoms with van der Waals surface area (Å²) in [5, 5.41) is 16.3. The second-order valence-corrected chi connectivity index (χ2v) is 6.44. The summed E-state index contributed by atoms with van der Waals surface area (Å²) < 4.78 is 5.19. The minimum absolute atomic E-state index is 0.0786. The first-order valence-electron chi connectivity index (χ1n) is 8.58. The van der Waals surface area contributed by atoms with Crippen LogP contribution >= 0.6 is 0 Å². The lowest BCUT2D eigenvalue weighted by atomic mass is 9.99. The average Bonchev–Trinajstić information content (AvgIpc) is 2.64. The van der Waals surface area contributed by atoms with Gasteiger partial charge >= 0.3 is 5.63 Å². The highest BCUT2D eigenvalue weighted by molar-refractivity contribution is 5.86. The molecule has 130 valence electrons. The van der Waals surface area contributed by atoms with E-state index in [1.165, 1.54) is 28.5 Å². The Morgan fingerprint density at radius 2 is 1.81 bits per heavy atom. The molecule has 4 aromatic rings. The van der Waals surface area contributed by atoms with Crippen LogP contribution in [0.2, 0.25) is 0 Å². The molecule has 0 aliphatic carbocycles. The normalized spacial score (nSPS) is 12.5. The summed E-state index contributed by atoms with van der Waals surface area (Å²) in [5.74, 6) is 0.0786. The topological polar surface area (TPSA) is 62.5 Å². The highest BCUT2D eigenvalue weighted by Gasteiger charge is 2.11. The summed E-state index contributed by atoms with van der Waals surface area (Å²) in [7, 11) is 0. The fraction of sp³-hybridized carbons (Fsp3) is 0.136. The van der Waals surface area contributed by atoms with E-state index in [1.807, 2.05) is 12.1 Å². The van der Waals surface area contributed by atoms with Crippen LogP contribution in [0.15, 0.2) is 75.9 Å². The molecule has 0 fully saturated rings. The molecule has 4 nitrogen and oxygen atoms in total. The zero-order chi connectivity index (χ0) is 18.1. The summed E-state index contributed by atoms with van der Waals surface area (Å²) in [5.41, 5.74) is 2.04. The number of aromatic hydroxyl groups is 1. The molecule has 0 aliphatic rings. The Hall–Kier alpha value is -3.11. The van der Waals surface area contributed by atoms with Crippen molar-refractivity contribution >= 4 is 21.7 Å². The van der Waals surface area contributed by atoms with Gasteiger partial charge in [0.2, 0.25) is 0 Å². The van der Waals surface area contributed by atoms with Gasteiger partial charge in [0.05, 0.1) is 0 Å². The fourth-order valence-electron chi connectivity index (χ4n) is 3.37. The maximum absolute atomic E-state index is 11.8. The molecular weight excluding hydrogens is 326 g/mol. The van der Waals surface area contributed by atoms with Crippen LogP contribution < -0.4 is 10.9 Å². The van der Waals surface area contributed by atoms with Gasteiger partial charge in [0.1, 0.15) is 11.3 Å². The van der Waals surface area contributed by atoms with Gasteiger partial charge < -0.3 is 14.8 Å². The molecule has 0 saturated carbocycles. The van der Waals surface area contributed by atoms with Crippen LogP contribution in [0.1, 0.15) is 24.1 Å². The maximum Gasteiger partial charge on any atom is 0.336 e. The van der Waals surface area contributed by atoms with Gasteiger partial charge in [0, 0.05) is 30.1 Å². The highest BCUT2D eigenvalue weighted by atomic mass is 16.4. The van der Waals surface area contributed by atoms with Crippen molar-refractivity contribution in [2.45, 2.75) is 19.5 Å². The van der Waals surface area contributed by atoms with E-state index in [-0.39, 0.29) is 11.8 Å². The molecule has 4 rings (SSSR count). The molecule has 0 radical (unpaired) electrons. The van der Waals surface area contributed by atoms with Crippen LogP contribution in [0, 0.1) is 0 Å². The van der Waals surface area contributed by atoms with Gasteiger partial charge in [0.15, 0.2) is 0 Å².